The first-order valence-electron chi connectivity index (χ1n) is 10.3. The predicted octanol–water partition coefficient (Wildman–Crippen LogP) is 4.70. The number of carbonyl (C=O) groups excluding carboxylic acids is 2. The van der Waals surface area contributed by atoms with E-state index in [2.05, 4.69) is 4.57 Å². The summed E-state index contributed by atoms with van der Waals surface area (Å²) in [6.45, 7) is -0.166. The summed E-state index contributed by atoms with van der Waals surface area (Å²) >= 11 is 0. The fraction of sp³-hybridized carbons (Fsp3) is 0.154. The van der Waals surface area contributed by atoms with Gasteiger partial charge < -0.3 is 14.2 Å². The van der Waals surface area contributed by atoms with Crippen LogP contribution in [0.4, 0.5) is 4.39 Å². The standard InChI is InChI=1S/C26H21FN2O3/c1-28-21-10-6-5-9-20(21)23(24(28)16-11-13-17(27)14-12-16)25-18-7-3-4-8-19(18)26(31)29(25)15-22(30)32-2/h3-14,25H,15H2,1-2H3. The molecule has 0 bridgehead atoms. The second-order valence-corrected chi connectivity index (χ2v) is 7.84. The molecule has 32 heavy (non-hydrogen) atoms. The van der Waals surface area contributed by atoms with Gasteiger partial charge in [-0.25, -0.2) is 4.39 Å². The van der Waals surface area contributed by atoms with Crippen molar-refractivity contribution in [3.63, 3.8) is 0 Å². The van der Waals surface area contributed by atoms with E-state index in [1.165, 1.54) is 19.2 Å². The average molecular weight is 428 g/mol. The highest BCUT2D eigenvalue weighted by Gasteiger charge is 2.41. The lowest BCUT2D eigenvalue weighted by atomic mass is 9.93. The Morgan fingerprint density at radius 2 is 1.69 bits per heavy atom. The highest BCUT2D eigenvalue weighted by atomic mass is 19.1. The van der Waals surface area contributed by atoms with Crippen LogP contribution in [-0.2, 0) is 16.6 Å². The molecule has 1 aliphatic heterocycles. The second kappa shape index (κ2) is 7.64. The van der Waals surface area contributed by atoms with Gasteiger partial charge in [0.2, 0.25) is 0 Å². The van der Waals surface area contributed by atoms with E-state index in [0.717, 1.165) is 33.3 Å². The van der Waals surface area contributed by atoms with Gasteiger partial charge in [0, 0.05) is 29.1 Å². The molecule has 0 spiro atoms. The van der Waals surface area contributed by atoms with Gasteiger partial charge in [0.1, 0.15) is 12.4 Å². The van der Waals surface area contributed by atoms with Gasteiger partial charge in [0.25, 0.3) is 5.91 Å². The maximum Gasteiger partial charge on any atom is 0.325 e. The van der Waals surface area contributed by atoms with Gasteiger partial charge >= 0.3 is 5.97 Å². The number of para-hydroxylation sites is 1. The van der Waals surface area contributed by atoms with Crippen molar-refractivity contribution in [2.45, 2.75) is 6.04 Å². The Bertz CT molecular complexity index is 1360. The normalized spacial score (nSPS) is 15.3. The summed E-state index contributed by atoms with van der Waals surface area (Å²) in [6, 6.07) is 21.2. The van der Waals surface area contributed by atoms with Crippen molar-refractivity contribution >= 4 is 22.8 Å². The monoisotopic (exact) mass is 428 g/mol. The molecule has 4 aromatic rings. The molecule has 160 valence electrons. The van der Waals surface area contributed by atoms with Crippen molar-refractivity contribution in [1.82, 2.24) is 9.47 Å². The maximum atomic E-state index is 13.7. The molecule has 0 fully saturated rings. The first-order valence-corrected chi connectivity index (χ1v) is 10.3. The molecule has 5 rings (SSSR count). The number of methoxy groups -OCH3 is 1. The Hall–Kier alpha value is -3.93. The van der Waals surface area contributed by atoms with E-state index >= 15 is 0 Å². The number of hydrogen-bond donors (Lipinski definition) is 0. The lowest BCUT2D eigenvalue weighted by Crippen LogP contribution is -2.34. The second-order valence-electron chi connectivity index (χ2n) is 7.84. The minimum absolute atomic E-state index is 0.166. The molecular weight excluding hydrogens is 407 g/mol. The number of carbonyl (C=O) groups is 2. The topological polar surface area (TPSA) is 51.5 Å². The lowest BCUT2D eigenvalue weighted by molar-refractivity contribution is -0.141. The fourth-order valence-electron chi connectivity index (χ4n) is 4.70. The Morgan fingerprint density at radius 3 is 2.44 bits per heavy atom. The smallest absolute Gasteiger partial charge is 0.325 e. The third-order valence-electron chi connectivity index (χ3n) is 6.12. The maximum absolute atomic E-state index is 13.7. The van der Waals surface area contributed by atoms with Crippen LogP contribution in [0.1, 0.15) is 27.5 Å². The van der Waals surface area contributed by atoms with Crippen molar-refractivity contribution in [3.8, 4) is 11.3 Å². The number of nitrogens with zero attached hydrogens (tertiary/aromatic N) is 2. The summed E-state index contributed by atoms with van der Waals surface area (Å²) in [4.78, 5) is 27.1. The van der Waals surface area contributed by atoms with Crippen LogP contribution in [-0.4, -0.2) is 35.0 Å². The molecule has 2 heterocycles. The lowest BCUT2D eigenvalue weighted by Gasteiger charge is -2.26. The van der Waals surface area contributed by atoms with Crippen molar-refractivity contribution in [2.75, 3.05) is 13.7 Å². The first kappa shape index (κ1) is 20.0. The van der Waals surface area contributed by atoms with E-state index in [1.54, 1.807) is 23.1 Å². The van der Waals surface area contributed by atoms with Crippen molar-refractivity contribution in [1.29, 1.82) is 0 Å². The van der Waals surface area contributed by atoms with Crippen LogP contribution >= 0.6 is 0 Å². The number of aromatic nitrogens is 1. The molecule has 0 N–H and O–H groups in total. The minimum atomic E-state index is -0.486. The number of aryl methyl sites for hydroxylation is 1. The third kappa shape index (κ3) is 2.99. The van der Waals surface area contributed by atoms with Crippen LogP contribution in [0.25, 0.3) is 22.2 Å². The van der Waals surface area contributed by atoms with Gasteiger partial charge in [-0.15, -0.1) is 0 Å². The van der Waals surface area contributed by atoms with Gasteiger partial charge in [-0.1, -0.05) is 36.4 Å². The van der Waals surface area contributed by atoms with Crippen LogP contribution in [0, 0.1) is 5.82 Å². The Balaban J connectivity index is 1.82. The van der Waals surface area contributed by atoms with Crippen molar-refractivity contribution < 1.29 is 18.7 Å². The van der Waals surface area contributed by atoms with Crippen molar-refractivity contribution in [2.24, 2.45) is 7.05 Å². The Labute approximate surface area is 184 Å². The molecule has 1 amide bonds. The SMILES string of the molecule is COC(=O)CN1C(=O)c2ccccc2C1c1c(-c2ccc(F)cc2)n(C)c2ccccc12. The zero-order valence-corrected chi connectivity index (χ0v) is 17.7. The molecule has 1 atom stereocenters. The number of amides is 1. The summed E-state index contributed by atoms with van der Waals surface area (Å²) in [7, 11) is 3.27. The van der Waals surface area contributed by atoms with E-state index in [0.29, 0.717) is 5.56 Å². The van der Waals surface area contributed by atoms with Crippen LogP contribution < -0.4 is 0 Å². The van der Waals surface area contributed by atoms with E-state index < -0.39 is 12.0 Å². The quantitative estimate of drug-likeness (QED) is 0.443. The molecule has 0 aliphatic carbocycles. The molecule has 0 radical (unpaired) electrons. The zero-order valence-electron chi connectivity index (χ0n) is 17.7. The Kier molecular flexibility index (Phi) is 4.78. The largest absolute Gasteiger partial charge is 0.468 e. The van der Waals surface area contributed by atoms with Gasteiger partial charge in [-0.3, -0.25) is 9.59 Å². The number of esters is 1. The first-order chi connectivity index (χ1) is 15.5. The molecule has 6 heteroatoms. The number of rotatable bonds is 4. The zero-order chi connectivity index (χ0) is 22.4. The van der Waals surface area contributed by atoms with Crippen LogP contribution in [0.3, 0.4) is 0 Å². The van der Waals surface area contributed by atoms with Gasteiger partial charge in [0.05, 0.1) is 18.8 Å². The predicted molar refractivity (Wildman–Crippen MR) is 120 cm³/mol. The highest BCUT2D eigenvalue weighted by molar-refractivity contribution is 6.03. The summed E-state index contributed by atoms with van der Waals surface area (Å²) in [5.74, 6) is -1.02. The molecule has 1 unspecified atom stereocenters. The summed E-state index contributed by atoms with van der Waals surface area (Å²) in [5, 5.41) is 0.971. The van der Waals surface area contributed by atoms with Gasteiger partial charge in [0.15, 0.2) is 0 Å². The van der Waals surface area contributed by atoms with Crippen LogP contribution in [0.15, 0.2) is 72.8 Å². The highest BCUT2D eigenvalue weighted by Crippen LogP contribution is 2.46. The molecule has 0 saturated heterocycles. The molecule has 5 nitrogen and oxygen atoms in total. The number of ether oxygens (including phenoxy) is 1. The summed E-state index contributed by atoms with van der Waals surface area (Å²) in [5.41, 5.74) is 4.99. The van der Waals surface area contributed by atoms with Crippen LogP contribution in [0.2, 0.25) is 0 Å². The molecule has 1 aromatic heterocycles. The van der Waals surface area contributed by atoms with Crippen molar-refractivity contribution in [3.05, 3.63) is 95.3 Å². The molecule has 1 aliphatic rings. The molecule has 3 aromatic carbocycles. The average Bonchev–Trinajstić information content (AvgIpc) is 3.26. The fourth-order valence-corrected chi connectivity index (χ4v) is 4.70. The van der Waals surface area contributed by atoms with E-state index in [4.69, 9.17) is 4.74 Å². The summed E-state index contributed by atoms with van der Waals surface area (Å²) < 4.78 is 20.6. The van der Waals surface area contributed by atoms with E-state index in [-0.39, 0.29) is 18.3 Å². The van der Waals surface area contributed by atoms with E-state index in [1.807, 2.05) is 49.5 Å². The van der Waals surface area contributed by atoms with Gasteiger partial charge in [-0.2, -0.15) is 0 Å². The number of halogens is 1. The number of hydrogen-bond acceptors (Lipinski definition) is 3. The summed E-state index contributed by atoms with van der Waals surface area (Å²) in [6.07, 6.45) is 0. The van der Waals surface area contributed by atoms with E-state index in [9.17, 15) is 14.0 Å². The third-order valence-corrected chi connectivity index (χ3v) is 6.12. The number of fused-ring (bicyclic) bond motifs is 2. The molecular formula is C26H21FN2O3. The van der Waals surface area contributed by atoms with Crippen LogP contribution in [0.5, 0.6) is 0 Å². The number of benzene rings is 3. The molecule has 0 saturated carbocycles. The minimum Gasteiger partial charge on any atom is -0.468 e. The Morgan fingerprint density at radius 1 is 1.00 bits per heavy atom. The van der Waals surface area contributed by atoms with Gasteiger partial charge in [-0.05, 0) is 47.5 Å².